The lowest BCUT2D eigenvalue weighted by atomic mass is 10.3. The van der Waals surface area contributed by atoms with E-state index in [-0.39, 0.29) is 16.4 Å². The molecule has 3 aromatic rings. The number of nitrogens with zero attached hydrogens (tertiary/aromatic N) is 2. The first-order valence-electron chi connectivity index (χ1n) is 5.71. The third-order valence-electron chi connectivity index (χ3n) is 2.75. The van der Waals surface area contributed by atoms with Gasteiger partial charge in [0.25, 0.3) is 10.0 Å². The van der Waals surface area contributed by atoms with Gasteiger partial charge in [-0.25, -0.2) is 18.2 Å². The van der Waals surface area contributed by atoms with Crippen molar-refractivity contribution in [2.75, 3.05) is 4.72 Å². The Morgan fingerprint density at radius 1 is 1.38 bits per heavy atom. The molecule has 0 amide bonds. The maximum absolute atomic E-state index is 12.3. The number of carboxylic acids is 1. The Morgan fingerprint density at radius 3 is 2.90 bits per heavy atom. The van der Waals surface area contributed by atoms with Gasteiger partial charge in [0.2, 0.25) is 0 Å². The molecule has 0 spiro atoms. The van der Waals surface area contributed by atoms with Crippen LogP contribution >= 0.6 is 0 Å². The molecule has 0 radical (unpaired) electrons. The van der Waals surface area contributed by atoms with Crippen molar-refractivity contribution in [1.82, 2.24) is 20.2 Å². The van der Waals surface area contributed by atoms with Gasteiger partial charge in [-0.1, -0.05) is 0 Å². The Morgan fingerprint density at radius 2 is 2.19 bits per heavy atom. The van der Waals surface area contributed by atoms with E-state index in [1.165, 1.54) is 12.4 Å². The number of H-pyrrole nitrogens is 2. The number of fused-ring (bicyclic) bond motifs is 1. The summed E-state index contributed by atoms with van der Waals surface area (Å²) in [7, 11) is -3.91. The summed E-state index contributed by atoms with van der Waals surface area (Å²) in [5.41, 5.74) is 0.222. The highest BCUT2D eigenvalue weighted by atomic mass is 32.2. The first kappa shape index (κ1) is 13.1. The second kappa shape index (κ2) is 4.59. The van der Waals surface area contributed by atoms with Gasteiger partial charge in [0.1, 0.15) is 16.2 Å². The molecule has 0 atom stereocenters. The van der Waals surface area contributed by atoms with Crippen molar-refractivity contribution in [3.63, 3.8) is 0 Å². The zero-order valence-corrected chi connectivity index (χ0v) is 11.2. The van der Waals surface area contributed by atoms with Crippen molar-refractivity contribution in [2.45, 2.75) is 4.90 Å². The summed E-state index contributed by atoms with van der Waals surface area (Å²) < 4.78 is 26.8. The Bertz CT molecular complexity index is 927. The molecule has 0 aliphatic carbocycles. The van der Waals surface area contributed by atoms with Gasteiger partial charge < -0.3 is 10.1 Å². The van der Waals surface area contributed by atoms with Crippen LogP contribution < -0.4 is 4.72 Å². The molecule has 0 fully saturated rings. The van der Waals surface area contributed by atoms with Crippen molar-refractivity contribution >= 4 is 32.8 Å². The fourth-order valence-corrected chi connectivity index (χ4v) is 2.99. The molecule has 21 heavy (non-hydrogen) atoms. The molecule has 3 aromatic heterocycles. The number of aromatic amines is 2. The topological polar surface area (TPSA) is 141 Å². The summed E-state index contributed by atoms with van der Waals surface area (Å²) in [6, 6.07) is 4.32. The van der Waals surface area contributed by atoms with Gasteiger partial charge in [-0.05, 0) is 12.1 Å². The number of nitrogens with one attached hydrogen (secondary N) is 3. The third kappa shape index (κ3) is 2.31. The van der Waals surface area contributed by atoms with Gasteiger partial charge in [0.05, 0.1) is 0 Å². The van der Waals surface area contributed by atoms with Gasteiger partial charge in [-0.2, -0.15) is 5.10 Å². The smallest absolute Gasteiger partial charge is 0.353 e. The molecular formula is C11H9N5O4S. The van der Waals surface area contributed by atoms with Crippen LogP contribution in [-0.2, 0) is 10.0 Å². The monoisotopic (exact) mass is 307 g/mol. The highest BCUT2D eigenvalue weighted by Gasteiger charge is 2.21. The van der Waals surface area contributed by atoms with E-state index in [0.717, 1.165) is 6.07 Å². The van der Waals surface area contributed by atoms with E-state index in [1.54, 1.807) is 12.1 Å². The Kier molecular flexibility index (Phi) is 2.87. The summed E-state index contributed by atoms with van der Waals surface area (Å²) in [4.78, 5) is 17.5. The minimum atomic E-state index is -3.91. The number of hydrogen-bond donors (Lipinski definition) is 4. The number of carbonyl (C=O) groups is 1. The maximum Gasteiger partial charge on any atom is 0.353 e. The van der Waals surface area contributed by atoms with Crippen molar-refractivity contribution in [2.24, 2.45) is 0 Å². The number of hydrogen-bond acceptors (Lipinski definition) is 5. The predicted molar refractivity (Wildman–Crippen MR) is 72.4 cm³/mol. The van der Waals surface area contributed by atoms with E-state index in [1.807, 2.05) is 0 Å². The van der Waals surface area contributed by atoms with Gasteiger partial charge in [-0.15, -0.1) is 0 Å². The Balaban J connectivity index is 1.98. The number of aromatic nitrogens is 4. The fourth-order valence-electron chi connectivity index (χ4n) is 1.83. The molecule has 0 saturated heterocycles. The molecule has 3 rings (SSSR count). The molecule has 0 aliphatic rings. The zero-order chi connectivity index (χ0) is 15.0. The number of pyridine rings is 1. The molecule has 108 valence electrons. The molecule has 0 bridgehead atoms. The van der Waals surface area contributed by atoms with E-state index < -0.39 is 16.0 Å². The van der Waals surface area contributed by atoms with E-state index >= 15 is 0 Å². The highest BCUT2D eigenvalue weighted by molar-refractivity contribution is 7.93. The summed E-state index contributed by atoms with van der Waals surface area (Å²) in [6.45, 7) is 0. The number of carboxylic acid groups (broad SMARTS) is 1. The predicted octanol–water partition coefficient (Wildman–Crippen LogP) is 0.785. The van der Waals surface area contributed by atoms with Crippen LogP contribution in [0.4, 0.5) is 5.82 Å². The van der Waals surface area contributed by atoms with Crippen molar-refractivity contribution in [3.05, 3.63) is 36.3 Å². The lowest BCUT2D eigenvalue weighted by Gasteiger charge is -2.03. The molecule has 3 heterocycles. The number of sulfonamides is 1. The maximum atomic E-state index is 12.3. The lowest BCUT2D eigenvalue weighted by Crippen LogP contribution is -2.12. The first-order chi connectivity index (χ1) is 9.97. The molecule has 0 aliphatic heterocycles. The quantitative estimate of drug-likeness (QED) is 0.561. The van der Waals surface area contributed by atoms with Gasteiger partial charge in [-0.3, -0.25) is 9.82 Å². The van der Waals surface area contributed by atoms with Crippen molar-refractivity contribution in [1.29, 1.82) is 0 Å². The molecule has 0 saturated carbocycles. The average molecular weight is 307 g/mol. The van der Waals surface area contributed by atoms with E-state index in [9.17, 15) is 13.2 Å². The second-order valence-corrected chi connectivity index (χ2v) is 5.78. The van der Waals surface area contributed by atoms with Crippen LogP contribution in [0.1, 0.15) is 10.5 Å². The molecule has 0 aromatic carbocycles. The molecule has 4 N–H and O–H groups in total. The van der Waals surface area contributed by atoms with E-state index in [0.29, 0.717) is 11.0 Å². The van der Waals surface area contributed by atoms with Crippen LogP contribution in [0.5, 0.6) is 0 Å². The van der Waals surface area contributed by atoms with E-state index in [4.69, 9.17) is 5.11 Å². The molecule has 9 nitrogen and oxygen atoms in total. The fraction of sp³-hybridized carbons (Fsp3) is 0. The van der Waals surface area contributed by atoms with Crippen LogP contribution in [0, 0.1) is 0 Å². The minimum Gasteiger partial charge on any atom is -0.477 e. The average Bonchev–Trinajstić information content (AvgIpc) is 3.04. The molecular weight excluding hydrogens is 298 g/mol. The van der Waals surface area contributed by atoms with E-state index in [2.05, 4.69) is 24.9 Å². The number of rotatable bonds is 4. The SMILES string of the molecule is O=C(O)c1cc(NS(=O)(=O)c2c[nH]c3ncccc23)n[nH]1. The summed E-state index contributed by atoms with van der Waals surface area (Å²) in [5.74, 6) is -1.34. The minimum absolute atomic E-state index is 0.00507. The summed E-state index contributed by atoms with van der Waals surface area (Å²) in [6.07, 6.45) is 2.85. The van der Waals surface area contributed by atoms with Gasteiger partial charge in [0.15, 0.2) is 5.82 Å². The molecule has 0 unspecified atom stereocenters. The van der Waals surface area contributed by atoms with Crippen molar-refractivity contribution < 1.29 is 18.3 Å². The highest BCUT2D eigenvalue weighted by Crippen LogP contribution is 2.22. The lowest BCUT2D eigenvalue weighted by molar-refractivity contribution is 0.0690. The molecule has 10 heteroatoms. The first-order valence-corrected chi connectivity index (χ1v) is 7.19. The van der Waals surface area contributed by atoms with Crippen LogP contribution in [0.15, 0.2) is 35.5 Å². The normalized spacial score (nSPS) is 11.6. The van der Waals surface area contributed by atoms with Crippen LogP contribution in [0.2, 0.25) is 0 Å². The summed E-state index contributed by atoms with van der Waals surface area (Å²) >= 11 is 0. The van der Waals surface area contributed by atoms with Crippen LogP contribution in [-0.4, -0.2) is 39.7 Å². The number of aromatic carboxylic acids is 1. The third-order valence-corrected chi connectivity index (χ3v) is 4.14. The van der Waals surface area contributed by atoms with Crippen molar-refractivity contribution in [3.8, 4) is 0 Å². The standard InChI is InChI=1S/C11H9N5O4S/c17-11(18)7-4-9(15-14-7)16-21(19,20)8-5-13-10-6(8)2-1-3-12-10/h1-5H,(H,12,13)(H,17,18)(H2,14,15,16). The Hall–Kier alpha value is -2.88. The largest absolute Gasteiger partial charge is 0.477 e. The van der Waals surface area contributed by atoms with Crippen LogP contribution in [0.25, 0.3) is 11.0 Å². The van der Waals surface area contributed by atoms with Gasteiger partial charge >= 0.3 is 5.97 Å². The Labute approximate surface area is 118 Å². The zero-order valence-electron chi connectivity index (χ0n) is 10.4. The van der Waals surface area contributed by atoms with Crippen LogP contribution in [0.3, 0.4) is 0 Å². The summed E-state index contributed by atoms with van der Waals surface area (Å²) in [5, 5.41) is 15.0. The van der Waals surface area contributed by atoms with Gasteiger partial charge in [0, 0.05) is 23.8 Å². The second-order valence-electron chi connectivity index (χ2n) is 4.13. The number of anilines is 1.